The summed E-state index contributed by atoms with van der Waals surface area (Å²) in [7, 11) is 1.40. The number of carbonyl (C=O) groups is 2. The van der Waals surface area contributed by atoms with Crippen molar-refractivity contribution in [3.05, 3.63) is 100 Å². The van der Waals surface area contributed by atoms with Crippen LogP contribution in [0.1, 0.15) is 17.2 Å². The van der Waals surface area contributed by atoms with E-state index in [1.165, 1.54) is 41.6 Å². The average Bonchev–Trinajstić information content (AvgIpc) is 3.41. The molecule has 1 aromatic heterocycles. The number of thiazole rings is 1. The summed E-state index contributed by atoms with van der Waals surface area (Å²) in [5, 5.41) is 21.8. The Morgan fingerprint density at radius 3 is 2.64 bits per heavy atom. The Morgan fingerprint density at radius 2 is 1.89 bits per heavy atom. The van der Waals surface area contributed by atoms with Gasteiger partial charge in [-0.05, 0) is 47.5 Å². The third kappa shape index (κ3) is 4.21. The first-order chi connectivity index (χ1) is 17.4. The van der Waals surface area contributed by atoms with Crippen LogP contribution < -0.4 is 9.64 Å². The van der Waals surface area contributed by atoms with Crippen LogP contribution in [0.25, 0.3) is 16.3 Å². The van der Waals surface area contributed by atoms with Crippen LogP contribution in [-0.4, -0.2) is 34.0 Å². The molecule has 1 unspecified atom stereocenters. The lowest BCUT2D eigenvalue weighted by atomic mass is 9.95. The number of fused-ring (bicyclic) bond motifs is 1. The molecule has 7 nitrogen and oxygen atoms in total. The first-order valence-electron chi connectivity index (χ1n) is 10.8. The number of hydrogen-bond donors (Lipinski definition) is 2. The molecule has 36 heavy (non-hydrogen) atoms. The highest BCUT2D eigenvalue weighted by Crippen LogP contribution is 2.45. The largest absolute Gasteiger partial charge is 0.504 e. The van der Waals surface area contributed by atoms with E-state index >= 15 is 0 Å². The number of aliphatic hydroxyl groups excluding tert-OH is 1. The third-order valence-corrected chi connectivity index (χ3v) is 7.02. The van der Waals surface area contributed by atoms with Gasteiger partial charge in [0.25, 0.3) is 5.91 Å². The number of phenolic OH excluding ortho intramolecular Hbond substituents is 1. The van der Waals surface area contributed by atoms with Crippen molar-refractivity contribution in [2.75, 3.05) is 12.0 Å². The molecule has 2 N–H and O–H groups in total. The predicted octanol–water partition coefficient (Wildman–Crippen LogP) is 5.85. The smallest absolute Gasteiger partial charge is 0.296 e. The van der Waals surface area contributed by atoms with Crippen molar-refractivity contribution in [1.29, 1.82) is 0 Å². The number of aliphatic hydroxyl groups is 1. The maximum atomic E-state index is 13.4. The van der Waals surface area contributed by atoms with Crippen LogP contribution in [0.2, 0.25) is 5.02 Å². The van der Waals surface area contributed by atoms with Gasteiger partial charge in [-0.2, -0.15) is 0 Å². The zero-order valence-electron chi connectivity index (χ0n) is 18.9. The van der Waals surface area contributed by atoms with Gasteiger partial charge in [0.1, 0.15) is 0 Å². The number of methoxy groups -OCH3 is 1. The first-order valence-corrected chi connectivity index (χ1v) is 12.0. The van der Waals surface area contributed by atoms with Gasteiger partial charge in [0.2, 0.25) is 0 Å². The molecular weight excluding hydrogens is 500 g/mol. The number of benzene rings is 3. The van der Waals surface area contributed by atoms with E-state index in [-0.39, 0.29) is 22.2 Å². The molecule has 0 saturated carbocycles. The average molecular weight is 519 g/mol. The Bertz CT molecular complexity index is 1560. The fourth-order valence-electron chi connectivity index (χ4n) is 4.05. The normalized spacial score (nSPS) is 15.9. The highest BCUT2D eigenvalue weighted by atomic mass is 35.5. The molecule has 180 valence electrons. The Labute approximate surface area is 215 Å². The summed E-state index contributed by atoms with van der Waals surface area (Å²) in [6, 6.07) is 17.9. The Hall–Kier alpha value is -4.14. The fraction of sp³-hybridized carbons (Fsp3) is 0.0741. The molecule has 1 aliphatic rings. The van der Waals surface area contributed by atoms with E-state index in [1.54, 1.807) is 30.3 Å². The fourth-order valence-corrected chi connectivity index (χ4v) is 5.32. The summed E-state index contributed by atoms with van der Waals surface area (Å²) >= 11 is 7.33. The molecule has 0 saturated heterocycles. The monoisotopic (exact) mass is 518 g/mol. The molecule has 1 atom stereocenters. The van der Waals surface area contributed by atoms with Gasteiger partial charge in [0, 0.05) is 5.02 Å². The zero-order chi connectivity index (χ0) is 25.4. The van der Waals surface area contributed by atoms with Crippen LogP contribution in [-0.2, 0) is 9.59 Å². The third-order valence-electron chi connectivity index (χ3n) is 5.77. The topological polar surface area (TPSA) is 100.0 Å². The van der Waals surface area contributed by atoms with Gasteiger partial charge in [-0.15, -0.1) is 0 Å². The van der Waals surface area contributed by atoms with Crippen molar-refractivity contribution < 1.29 is 24.5 Å². The van der Waals surface area contributed by atoms with Gasteiger partial charge >= 0.3 is 0 Å². The van der Waals surface area contributed by atoms with E-state index < -0.39 is 23.5 Å². The highest BCUT2D eigenvalue weighted by molar-refractivity contribution is 7.22. The van der Waals surface area contributed by atoms with Crippen molar-refractivity contribution in [2.24, 2.45) is 0 Å². The van der Waals surface area contributed by atoms with Crippen molar-refractivity contribution in [1.82, 2.24) is 4.98 Å². The van der Waals surface area contributed by atoms with Crippen LogP contribution >= 0.6 is 22.9 Å². The van der Waals surface area contributed by atoms with Crippen molar-refractivity contribution in [3.63, 3.8) is 0 Å². The zero-order valence-corrected chi connectivity index (χ0v) is 20.5. The molecule has 0 radical (unpaired) electrons. The minimum atomic E-state index is -1.00. The summed E-state index contributed by atoms with van der Waals surface area (Å²) in [5.41, 5.74) is 1.77. The number of allylic oxidation sites excluding steroid dienone is 1. The number of nitrogens with zero attached hydrogens (tertiary/aromatic N) is 2. The first kappa shape index (κ1) is 23.6. The summed E-state index contributed by atoms with van der Waals surface area (Å²) in [6.45, 7) is 0. The predicted molar refractivity (Wildman–Crippen MR) is 140 cm³/mol. The number of rotatable bonds is 6. The second-order valence-electron chi connectivity index (χ2n) is 7.99. The van der Waals surface area contributed by atoms with Crippen LogP contribution in [0.4, 0.5) is 5.13 Å². The molecule has 0 bridgehead atoms. The minimum Gasteiger partial charge on any atom is -0.504 e. The number of halogens is 1. The molecule has 0 aliphatic carbocycles. The summed E-state index contributed by atoms with van der Waals surface area (Å²) in [5.74, 6) is -1.89. The van der Waals surface area contributed by atoms with Crippen molar-refractivity contribution in [3.8, 4) is 11.5 Å². The van der Waals surface area contributed by atoms with E-state index in [0.717, 1.165) is 10.3 Å². The minimum absolute atomic E-state index is 0.0998. The lowest BCUT2D eigenvalue weighted by Gasteiger charge is -2.24. The second-order valence-corrected chi connectivity index (χ2v) is 9.43. The van der Waals surface area contributed by atoms with Crippen LogP contribution in [0.15, 0.2) is 84.1 Å². The summed E-state index contributed by atoms with van der Waals surface area (Å²) < 4.78 is 5.99. The molecule has 3 aromatic carbocycles. The lowest BCUT2D eigenvalue weighted by Crippen LogP contribution is -2.30. The van der Waals surface area contributed by atoms with Crippen molar-refractivity contribution >= 4 is 56.1 Å². The van der Waals surface area contributed by atoms with Gasteiger partial charge in [0.15, 0.2) is 28.2 Å². The van der Waals surface area contributed by atoms with E-state index in [9.17, 15) is 19.8 Å². The molecular formula is C27H19ClN2O5S. The van der Waals surface area contributed by atoms with E-state index in [0.29, 0.717) is 16.1 Å². The molecule has 5 rings (SSSR count). The Morgan fingerprint density at radius 1 is 1.11 bits per heavy atom. The van der Waals surface area contributed by atoms with Gasteiger partial charge in [0.05, 0.1) is 28.9 Å². The number of hydrogen-bond acceptors (Lipinski definition) is 7. The molecule has 1 aliphatic heterocycles. The number of ketones is 1. The number of aromatic hydroxyl groups is 1. The number of phenols is 1. The number of aromatic nitrogens is 1. The Kier molecular flexibility index (Phi) is 6.22. The van der Waals surface area contributed by atoms with Gasteiger partial charge in [-0.25, -0.2) is 4.98 Å². The SMILES string of the molecule is COc1cc(C2C(C(=O)/C=C/c3ccccc3)=C(O)C(=O)N2c2nc3ccc(Cl)cc3s2)ccc1O. The molecule has 0 spiro atoms. The van der Waals surface area contributed by atoms with E-state index in [1.807, 2.05) is 30.3 Å². The summed E-state index contributed by atoms with van der Waals surface area (Å²) in [6.07, 6.45) is 2.93. The molecule has 9 heteroatoms. The molecule has 0 fully saturated rings. The van der Waals surface area contributed by atoms with Crippen LogP contribution in [0.5, 0.6) is 11.5 Å². The van der Waals surface area contributed by atoms with Gasteiger partial charge < -0.3 is 14.9 Å². The number of anilines is 1. The maximum Gasteiger partial charge on any atom is 0.296 e. The van der Waals surface area contributed by atoms with Crippen LogP contribution in [0.3, 0.4) is 0 Å². The molecule has 4 aromatic rings. The summed E-state index contributed by atoms with van der Waals surface area (Å²) in [4.78, 5) is 32.6. The second kappa shape index (κ2) is 9.49. The quantitative estimate of drug-likeness (QED) is 0.311. The van der Waals surface area contributed by atoms with Gasteiger partial charge in [-0.3, -0.25) is 14.5 Å². The van der Waals surface area contributed by atoms with Crippen molar-refractivity contribution in [2.45, 2.75) is 6.04 Å². The maximum absolute atomic E-state index is 13.4. The molecule has 2 heterocycles. The number of amides is 1. The highest BCUT2D eigenvalue weighted by Gasteiger charge is 2.45. The van der Waals surface area contributed by atoms with E-state index in [4.69, 9.17) is 16.3 Å². The molecule has 1 amide bonds. The Balaban J connectivity index is 1.63. The standard InChI is InChI=1S/C27H19ClN2O5S/c1-35-21-13-16(8-12-19(21)31)24-23(20(32)11-7-15-5-3-2-4-6-15)25(33)26(34)30(24)27-29-18-10-9-17(28)14-22(18)36-27/h2-14,24,31,33H,1H3/b11-7+. The van der Waals surface area contributed by atoms with E-state index in [2.05, 4.69) is 4.98 Å². The van der Waals surface area contributed by atoms with Crippen LogP contribution in [0, 0.1) is 0 Å². The number of carbonyl (C=O) groups excluding carboxylic acids is 2. The van der Waals surface area contributed by atoms with Gasteiger partial charge in [-0.1, -0.05) is 65.4 Å². The number of ether oxygens (including phenoxy) is 1. The lowest BCUT2D eigenvalue weighted by molar-refractivity contribution is -0.117.